The fourth-order valence-corrected chi connectivity index (χ4v) is 2.83. The van der Waals surface area contributed by atoms with Crippen LogP contribution in [0.5, 0.6) is 0 Å². The molecule has 1 unspecified atom stereocenters. The van der Waals surface area contributed by atoms with E-state index in [0.29, 0.717) is 17.9 Å². The summed E-state index contributed by atoms with van der Waals surface area (Å²) in [6.07, 6.45) is 0. The minimum absolute atomic E-state index is 0.300. The van der Waals surface area contributed by atoms with Crippen LogP contribution in [-0.4, -0.2) is 6.54 Å². The van der Waals surface area contributed by atoms with Crippen molar-refractivity contribution in [3.63, 3.8) is 0 Å². The number of rotatable bonds is 6. The van der Waals surface area contributed by atoms with E-state index in [2.05, 4.69) is 62.5 Å². The van der Waals surface area contributed by atoms with Gasteiger partial charge in [-0.2, -0.15) is 0 Å². The predicted molar refractivity (Wildman–Crippen MR) is 91.9 cm³/mol. The summed E-state index contributed by atoms with van der Waals surface area (Å²) < 4.78 is 0. The number of benzene rings is 2. The van der Waals surface area contributed by atoms with Gasteiger partial charge in [0.05, 0.1) is 0 Å². The molecule has 0 amide bonds. The second-order valence-corrected chi connectivity index (χ2v) is 6.38. The van der Waals surface area contributed by atoms with Crippen LogP contribution in [0.2, 0.25) is 5.02 Å². The van der Waals surface area contributed by atoms with Crippen LogP contribution in [0.1, 0.15) is 43.9 Å². The first-order valence-corrected chi connectivity index (χ1v) is 7.99. The highest BCUT2D eigenvalue weighted by atomic mass is 35.5. The van der Waals surface area contributed by atoms with Gasteiger partial charge < -0.3 is 5.32 Å². The third kappa shape index (κ3) is 4.59. The van der Waals surface area contributed by atoms with Gasteiger partial charge in [-0.15, -0.1) is 0 Å². The Morgan fingerprint density at radius 2 is 1.57 bits per heavy atom. The van der Waals surface area contributed by atoms with E-state index < -0.39 is 0 Å². The van der Waals surface area contributed by atoms with Crippen molar-refractivity contribution >= 4 is 11.6 Å². The molecule has 2 aromatic carbocycles. The van der Waals surface area contributed by atoms with Crippen LogP contribution in [0.4, 0.5) is 0 Å². The third-order valence-electron chi connectivity index (χ3n) is 4.03. The van der Waals surface area contributed by atoms with Crippen LogP contribution in [0.25, 0.3) is 0 Å². The summed E-state index contributed by atoms with van der Waals surface area (Å²) in [4.78, 5) is 0. The monoisotopic (exact) mass is 301 g/mol. The van der Waals surface area contributed by atoms with Gasteiger partial charge in [0, 0.05) is 17.6 Å². The summed E-state index contributed by atoms with van der Waals surface area (Å²) in [6, 6.07) is 19.1. The Hall–Kier alpha value is -1.31. The molecule has 1 nitrogen and oxygen atoms in total. The maximum absolute atomic E-state index is 6.07. The fourth-order valence-electron chi connectivity index (χ4n) is 2.64. The standard InChI is InChI=1S/C19H24ClN/c1-14(2)19(16-8-5-4-6-9-16)13-21-15(3)17-10-7-11-18(20)12-17/h4-12,14-15,19,21H,13H2,1-3H3/t15-,19?/m1/s1. The molecule has 2 aromatic rings. The van der Waals surface area contributed by atoms with Gasteiger partial charge in [-0.25, -0.2) is 0 Å². The quantitative estimate of drug-likeness (QED) is 0.750. The number of hydrogen-bond acceptors (Lipinski definition) is 1. The largest absolute Gasteiger partial charge is 0.310 e. The van der Waals surface area contributed by atoms with Crippen LogP contribution >= 0.6 is 11.6 Å². The molecule has 0 aliphatic rings. The number of hydrogen-bond donors (Lipinski definition) is 1. The lowest BCUT2D eigenvalue weighted by Crippen LogP contribution is -2.27. The second kappa shape index (κ2) is 7.63. The second-order valence-electron chi connectivity index (χ2n) is 5.95. The van der Waals surface area contributed by atoms with Crippen LogP contribution in [0, 0.1) is 5.92 Å². The first-order valence-electron chi connectivity index (χ1n) is 7.61. The van der Waals surface area contributed by atoms with E-state index in [9.17, 15) is 0 Å². The molecule has 0 saturated carbocycles. The van der Waals surface area contributed by atoms with Crippen LogP contribution < -0.4 is 5.32 Å². The summed E-state index contributed by atoms with van der Waals surface area (Å²) in [5, 5.41) is 4.44. The van der Waals surface area contributed by atoms with Crippen molar-refractivity contribution in [2.75, 3.05) is 6.54 Å². The molecule has 21 heavy (non-hydrogen) atoms. The molecule has 0 aromatic heterocycles. The predicted octanol–water partition coefficient (Wildman–Crippen LogP) is 5.43. The molecule has 0 radical (unpaired) electrons. The van der Waals surface area contributed by atoms with Gasteiger partial charge in [0.15, 0.2) is 0 Å². The van der Waals surface area contributed by atoms with Crippen LogP contribution in [0.3, 0.4) is 0 Å². The topological polar surface area (TPSA) is 12.0 Å². The highest BCUT2D eigenvalue weighted by Crippen LogP contribution is 2.25. The van der Waals surface area contributed by atoms with Gasteiger partial charge in [0.25, 0.3) is 0 Å². The molecule has 0 aliphatic heterocycles. The zero-order chi connectivity index (χ0) is 15.2. The van der Waals surface area contributed by atoms with E-state index >= 15 is 0 Å². The van der Waals surface area contributed by atoms with Crippen molar-refractivity contribution in [3.8, 4) is 0 Å². The van der Waals surface area contributed by atoms with E-state index in [4.69, 9.17) is 11.6 Å². The van der Waals surface area contributed by atoms with Crippen molar-refractivity contribution in [3.05, 3.63) is 70.7 Å². The number of nitrogens with one attached hydrogen (secondary N) is 1. The number of halogens is 1. The Morgan fingerprint density at radius 3 is 2.19 bits per heavy atom. The summed E-state index contributed by atoms with van der Waals surface area (Å²) >= 11 is 6.07. The molecule has 1 N–H and O–H groups in total. The highest BCUT2D eigenvalue weighted by Gasteiger charge is 2.16. The lowest BCUT2D eigenvalue weighted by atomic mass is 9.88. The zero-order valence-corrected chi connectivity index (χ0v) is 13.8. The Labute approximate surface area is 133 Å². The van der Waals surface area contributed by atoms with Gasteiger partial charge in [-0.3, -0.25) is 0 Å². The van der Waals surface area contributed by atoms with Crippen molar-refractivity contribution in [1.82, 2.24) is 5.32 Å². The minimum atomic E-state index is 0.300. The van der Waals surface area contributed by atoms with Crippen molar-refractivity contribution in [1.29, 1.82) is 0 Å². The molecule has 0 fully saturated rings. The highest BCUT2D eigenvalue weighted by molar-refractivity contribution is 6.30. The molecule has 0 heterocycles. The average molecular weight is 302 g/mol. The lowest BCUT2D eigenvalue weighted by molar-refractivity contribution is 0.436. The van der Waals surface area contributed by atoms with Gasteiger partial charge in [-0.05, 0) is 42.0 Å². The molecule has 0 saturated heterocycles. The fraction of sp³-hybridized carbons (Fsp3) is 0.368. The molecule has 0 bridgehead atoms. The molecule has 112 valence electrons. The smallest absolute Gasteiger partial charge is 0.0409 e. The Balaban J connectivity index is 2.02. The molecule has 2 heteroatoms. The van der Waals surface area contributed by atoms with Crippen LogP contribution in [0.15, 0.2) is 54.6 Å². The molecular formula is C19H24ClN. The third-order valence-corrected chi connectivity index (χ3v) is 4.26. The SMILES string of the molecule is CC(C)C(CN[C@H](C)c1cccc(Cl)c1)c1ccccc1. The summed E-state index contributed by atoms with van der Waals surface area (Å²) in [5.74, 6) is 1.12. The minimum Gasteiger partial charge on any atom is -0.310 e. The Morgan fingerprint density at radius 1 is 0.905 bits per heavy atom. The van der Waals surface area contributed by atoms with Gasteiger partial charge >= 0.3 is 0 Å². The Kier molecular flexibility index (Phi) is 5.84. The summed E-state index contributed by atoms with van der Waals surface area (Å²) in [5.41, 5.74) is 2.64. The molecule has 2 rings (SSSR count). The molecule has 0 aliphatic carbocycles. The maximum Gasteiger partial charge on any atom is 0.0409 e. The van der Waals surface area contributed by atoms with Gasteiger partial charge in [0.2, 0.25) is 0 Å². The van der Waals surface area contributed by atoms with E-state index in [1.807, 2.05) is 18.2 Å². The Bertz CT molecular complexity index is 551. The van der Waals surface area contributed by atoms with Crippen molar-refractivity contribution < 1.29 is 0 Å². The summed E-state index contributed by atoms with van der Waals surface area (Å²) in [6.45, 7) is 7.72. The van der Waals surface area contributed by atoms with E-state index in [-0.39, 0.29) is 0 Å². The van der Waals surface area contributed by atoms with E-state index in [1.54, 1.807) is 0 Å². The maximum atomic E-state index is 6.07. The molecule has 0 spiro atoms. The van der Waals surface area contributed by atoms with Crippen molar-refractivity contribution in [2.45, 2.75) is 32.7 Å². The molecule has 2 atom stereocenters. The zero-order valence-electron chi connectivity index (χ0n) is 13.0. The van der Waals surface area contributed by atoms with E-state index in [0.717, 1.165) is 11.6 Å². The normalized spacial score (nSPS) is 14.1. The molecular weight excluding hydrogens is 278 g/mol. The van der Waals surface area contributed by atoms with Crippen molar-refractivity contribution in [2.24, 2.45) is 5.92 Å². The first kappa shape index (κ1) is 16.1. The first-order chi connectivity index (χ1) is 10.1. The average Bonchev–Trinajstić information content (AvgIpc) is 2.48. The van der Waals surface area contributed by atoms with E-state index in [1.165, 1.54) is 11.1 Å². The summed E-state index contributed by atoms with van der Waals surface area (Å²) in [7, 11) is 0. The van der Waals surface area contributed by atoms with Gasteiger partial charge in [0.1, 0.15) is 0 Å². The van der Waals surface area contributed by atoms with Gasteiger partial charge in [-0.1, -0.05) is 67.9 Å². The van der Waals surface area contributed by atoms with Crippen LogP contribution in [-0.2, 0) is 0 Å². The lowest BCUT2D eigenvalue weighted by Gasteiger charge is -2.24.